The summed E-state index contributed by atoms with van der Waals surface area (Å²) in [6.45, 7) is 0.972. The van der Waals surface area contributed by atoms with E-state index < -0.39 is 5.76 Å². The molecule has 1 aromatic heterocycles. The largest absolute Gasteiger partial charge is 0.419 e. The van der Waals surface area contributed by atoms with Crippen LogP contribution in [0.4, 0.5) is 0 Å². The summed E-state index contributed by atoms with van der Waals surface area (Å²) < 4.78 is 6.72. The third kappa shape index (κ3) is 3.29. The van der Waals surface area contributed by atoms with Crippen molar-refractivity contribution < 1.29 is 9.21 Å². The Hall–Kier alpha value is -2.82. The zero-order valence-corrected chi connectivity index (χ0v) is 14.6. The van der Waals surface area contributed by atoms with Gasteiger partial charge >= 0.3 is 5.76 Å². The predicted molar refractivity (Wildman–Crippen MR) is 100 cm³/mol. The second kappa shape index (κ2) is 7.20. The highest BCUT2D eigenvalue weighted by molar-refractivity contribution is 5.76. The van der Waals surface area contributed by atoms with E-state index in [0.29, 0.717) is 24.6 Å². The molecule has 0 fully saturated rings. The SMILES string of the molecule is O=C(CCn1c(=O)oc2ccccc21)NCC1CCCc2ccccc21. The van der Waals surface area contributed by atoms with Crippen molar-refractivity contribution in [2.45, 2.75) is 38.1 Å². The molecule has 0 spiro atoms. The van der Waals surface area contributed by atoms with Gasteiger partial charge in [0.1, 0.15) is 0 Å². The molecular formula is C21H22N2O3. The number of carbonyl (C=O) groups is 1. The van der Waals surface area contributed by atoms with Gasteiger partial charge in [-0.2, -0.15) is 0 Å². The average molecular weight is 350 g/mol. The molecule has 0 saturated carbocycles. The lowest BCUT2D eigenvalue weighted by Crippen LogP contribution is -2.31. The number of nitrogens with one attached hydrogen (secondary N) is 1. The summed E-state index contributed by atoms with van der Waals surface area (Å²) in [4.78, 5) is 24.2. The first-order chi connectivity index (χ1) is 12.7. The van der Waals surface area contributed by atoms with E-state index in [2.05, 4.69) is 29.6 Å². The number of hydrogen-bond acceptors (Lipinski definition) is 3. The van der Waals surface area contributed by atoms with Crippen LogP contribution in [0, 0.1) is 0 Å². The Morgan fingerprint density at radius 3 is 2.88 bits per heavy atom. The van der Waals surface area contributed by atoms with Crippen molar-refractivity contribution >= 4 is 17.0 Å². The number of benzene rings is 2. The van der Waals surface area contributed by atoms with Gasteiger partial charge in [-0.25, -0.2) is 4.79 Å². The summed E-state index contributed by atoms with van der Waals surface area (Å²) in [7, 11) is 0. The molecule has 2 aromatic carbocycles. The van der Waals surface area contributed by atoms with Gasteiger partial charge in [-0.15, -0.1) is 0 Å². The quantitative estimate of drug-likeness (QED) is 0.768. The van der Waals surface area contributed by atoms with Gasteiger partial charge in [-0.3, -0.25) is 9.36 Å². The monoisotopic (exact) mass is 350 g/mol. The van der Waals surface area contributed by atoms with Gasteiger partial charge in [0.15, 0.2) is 5.58 Å². The lowest BCUT2D eigenvalue weighted by Gasteiger charge is -2.25. The Balaban J connectivity index is 1.36. The number of rotatable bonds is 5. The second-order valence-corrected chi connectivity index (χ2v) is 6.83. The van der Waals surface area contributed by atoms with Crippen molar-refractivity contribution in [3.05, 3.63) is 70.2 Å². The molecule has 1 N–H and O–H groups in total. The van der Waals surface area contributed by atoms with E-state index in [9.17, 15) is 9.59 Å². The molecule has 1 amide bonds. The van der Waals surface area contributed by atoms with Gasteiger partial charge in [0, 0.05) is 25.4 Å². The molecule has 1 heterocycles. The van der Waals surface area contributed by atoms with Gasteiger partial charge in [-0.05, 0) is 42.5 Å². The fraction of sp³-hybridized carbons (Fsp3) is 0.333. The van der Waals surface area contributed by atoms with Crippen LogP contribution < -0.4 is 11.1 Å². The Morgan fingerprint density at radius 1 is 1.15 bits per heavy atom. The molecule has 4 rings (SSSR count). The normalized spacial score (nSPS) is 16.4. The van der Waals surface area contributed by atoms with Gasteiger partial charge in [-0.1, -0.05) is 36.4 Å². The molecule has 0 bridgehead atoms. The molecule has 3 aromatic rings. The van der Waals surface area contributed by atoms with Crippen LogP contribution in [0.25, 0.3) is 11.1 Å². The summed E-state index contributed by atoms with van der Waals surface area (Å²) in [6.07, 6.45) is 3.64. The van der Waals surface area contributed by atoms with E-state index in [-0.39, 0.29) is 12.3 Å². The topological polar surface area (TPSA) is 64.2 Å². The number of para-hydroxylation sites is 2. The number of aryl methyl sites for hydroxylation is 2. The second-order valence-electron chi connectivity index (χ2n) is 6.83. The summed E-state index contributed by atoms with van der Waals surface area (Å²) >= 11 is 0. The molecule has 1 unspecified atom stereocenters. The molecule has 1 aliphatic carbocycles. The van der Waals surface area contributed by atoms with Crippen LogP contribution in [0.1, 0.15) is 36.3 Å². The van der Waals surface area contributed by atoms with Crippen LogP contribution in [-0.4, -0.2) is 17.0 Å². The van der Waals surface area contributed by atoms with E-state index in [1.807, 2.05) is 18.2 Å². The minimum Gasteiger partial charge on any atom is -0.408 e. The first-order valence-electron chi connectivity index (χ1n) is 9.15. The van der Waals surface area contributed by atoms with Crippen molar-refractivity contribution in [3.63, 3.8) is 0 Å². The average Bonchev–Trinajstić information content (AvgIpc) is 2.99. The lowest BCUT2D eigenvalue weighted by molar-refractivity contribution is -0.121. The maximum atomic E-state index is 12.3. The highest BCUT2D eigenvalue weighted by Gasteiger charge is 2.20. The third-order valence-corrected chi connectivity index (χ3v) is 5.18. The molecule has 5 heteroatoms. The van der Waals surface area contributed by atoms with Crippen molar-refractivity contribution in [2.24, 2.45) is 0 Å². The van der Waals surface area contributed by atoms with E-state index in [0.717, 1.165) is 24.8 Å². The van der Waals surface area contributed by atoms with Crippen molar-refractivity contribution in [2.75, 3.05) is 6.54 Å². The van der Waals surface area contributed by atoms with Crippen LogP contribution in [0.3, 0.4) is 0 Å². The third-order valence-electron chi connectivity index (χ3n) is 5.18. The van der Waals surface area contributed by atoms with E-state index in [4.69, 9.17) is 4.42 Å². The molecule has 0 radical (unpaired) electrons. The predicted octanol–water partition coefficient (Wildman–Crippen LogP) is 3.22. The molecule has 134 valence electrons. The van der Waals surface area contributed by atoms with Crippen LogP contribution in [0.2, 0.25) is 0 Å². The molecule has 0 aliphatic heterocycles. The molecule has 1 atom stereocenters. The number of oxazole rings is 1. The maximum absolute atomic E-state index is 12.3. The number of aromatic nitrogens is 1. The molecule has 1 aliphatic rings. The number of fused-ring (bicyclic) bond motifs is 2. The number of carbonyl (C=O) groups excluding carboxylic acids is 1. The van der Waals surface area contributed by atoms with Gasteiger partial charge in [0.25, 0.3) is 0 Å². The lowest BCUT2D eigenvalue weighted by atomic mass is 9.83. The van der Waals surface area contributed by atoms with Gasteiger partial charge < -0.3 is 9.73 Å². The smallest absolute Gasteiger partial charge is 0.408 e. The van der Waals surface area contributed by atoms with Crippen molar-refractivity contribution in [3.8, 4) is 0 Å². The summed E-state index contributed by atoms with van der Waals surface area (Å²) in [5.74, 6) is -0.0770. The molecule has 5 nitrogen and oxygen atoms in total. The Labute approximate surface area is 151 Å². The van der Waals surface area contributed by atoms with Gasteiger partial charge in [0.2, 0.25) is 5.91 Å². The van der Waals surface area contributed by atoms with Crippen molar-refractivity contribution in [1.29, 1.82) is 0 Å². The Bertz CT molecular complexity index is 986. The Morgan fingerprint density at radius 2 is 1.96 bits per heavy atom. The molecule has 26 heavy (non-hydrogen) atoms. The fourth-order valence-electron chi connectivity index (χ4n) is 3.83. The van der Waals surface area contributed by atoms with Gasteiger partial charge in [0.05, 0.1) is 5.52 Å². The summed E-state index contributed by atoms with van der Waals surface area (Å²) in [5.41, 5.74) is 4.04. The minimum absolute atomic E-state index is 0.0368. The van der Waals surface area contributed by atoms with Crippen LogP contribution in [0.15, 0.2) is 57.7 Å². The molecular weight excluding hydrogens is 328 g/mol. The minimum atomic E-state index is -0.416. The van der Waals surface area contributed by atoms with Crippen molar-refractivity contribution in [1.82, 2.24) is 9.88 Å². The highest BCUT2D eigenvalue weighted by atomic mass is 16.4. The summed E-state index contributed by atoms with van der Waals surface area (Å²) in [6, 6.07) is 15.8. The zero-order valence-electron chi connectivity index (χ0n) is 14.6. The fourth-order valence-corrected chi connectivity index (χ4v) is 3.83. The first-order valence-corrected chi connectivity index (χ1v) is 9.15. The standard InChI is InChI=1S/C21H22N2O3/c24-20(12-13-23-18-10-3-4-11-19(18)26-21(23)25)22-14-16-8-5-7-15-6-1-2-9-17(15)16/h1-4,6,9-11,16H,5,7-8,12-14H2,(H,22,24). The molecule has 0 saturated heterocycles. The number of amides is 1. The maximum Gasteiger partial charge on any atom is 0.419 e. The summed E-state index contributed by atoms with van der Waals surface area (Å²) in [5, 5.41) is 3.04. The van der Waals surface area contributed by atoms with Crippen LogP contribution >= 0.6 is 0 Å². The van der Waals surface area contributed by atoms with E-state index in [1.54, 1.807) is 6.07 Å². The van der Waals surface area contributed by atoms with Crippen LogP contribution in [-0.2, 0) is 17.8 Å². The number of nitrogens with zero attached hydrogens (tertiary/aromatic N) is 1. The Kier molecular flexibility index (Phi) is 4.61. The highest BCUT2D eigenvalue weighted by Crippen LogP contribution is 2.30. The first kappa shape index (κ1) is 16.6. The van der Waals surface area contributed by atoms with E-state index in [1.165, 1.54) is 15.7 Å². The number of hydrogen-bond donors (Lipinski definition) is 1. The van der Waals surface area contributed by atoms with E-state index >= 15 is 0 Å². The zero-order chi connectivity index (χ0) is 17.9. The van der Waals surface area contributed by atoms with Crippen LogP contribution in [0.5, 0.6) is 0 Å².